The Hall–Kier alpha value is -1.57. The third-order valence-electron chi connectivity index (χ3n) is 8.97. The lowest BCUT2D eigenvalue weighted by atomic mass is 9.44. The number of hydrogen-bond acceptors (Lipinski definition) is 2. The molecule has 0 bridgehead atoms. The maximum absolute atomic E-state index is 13.6. The van der Waals surface area contributed by atoms with Crippen molar-refractivity contribution in [3.8, 4) is 5.75 Å². The van der Waals surface area contributed by atoms with E-state index in [4.69, 9.17) is 4.74 Å². The summed E-state index contributed by atoms with van der Waals surface area (Å²) in [5.41, 5.74) is 5.04. The smallest absolute Gasteiger partial charge is 0.162 e. The minimum atomic E-state index is -0.305. The molecule has 0 N–H and O–H groups in total. The van der Waals surface area contributed by atoms with Crippen LogP contribution in [-0.2, 0) is 24.1 Å². The molecule has 2 heteroatoms. The van der Waals surface area contributed by atoms with Crippen LogP contribution < -0.4 is 4.74 Å². The Labute approximate surface area is 189 Å². The van der Waals surface area contributed by atoms with Crippen LogP contribution in [0.4, 0.5) is 0 Å². The summed E-state index contributed by atoms with van der Waals surface area (Å²) >= 11 is 0. The Balaban J connectivity index is 1.83. The van der Waals surface area contributed by atoms with E-state index in [9.17, 15) is 4.79 Å². The number of unbranched alkanes of at least 4 members (excludes halogenated alkanes) is 2. The lowest BCUT2D eigenvalue weighted by Crippen LogP contribution is -2.65. The Morgan fingerprint density at radius 2 is 1.77 bits per heavy atom. The van der Waals surface area contributed by atoms with Crippen molar-refractivity contribution in [1.29, 1.82) is 0 Å². The number of aryl methyl sites for hydroxylation is 2. The first kappa shape index (κ1) is 22.6. The molecule has 170 valence electrons. The van der Waals surface area contributed by atoms with Gasteiger partial charge in [0.15, 0.2) is 5.78 Å². The summed E-state index contributed by atoms with van der Waals surface area (Å²) in [6.45, 7) is 11.3. The lowest BCUT2D eigenvalue weighted by Gasteiger charge is -2.61. The molecule has 1 fully saturated rings. The monoisotopic (exact) mass is 422 g/mol. The molecule has 0 aromatic heterocycles. The van der Waals surface area contributed by atoms with Crippen molar-refractivity contribution < 1.29 is 9.53 Å². The molecule has 1 saturated carbocycles. The second-order valence-corrected chi connectivity index (χ2v) is 10.4. The highest BCUT2D eigenvalue weighted by molar-refractivity contribution is 5.98. The van der Waals surface area contributed by atoms with Crippen LogP contribution >= 0.6 is 0 Å². The van der Waals surface area contributed by atoms with Gasteiger partial charge in [0.25, 0.3) is 0 Å². The van der Waals surface area contributed by atoms with E-state index in [1.54, 1.807) is 0 Å². The minimum absolute atomic E-state index is 0.212. The number of fused-ring (bicyclic) bond motifs is 3. The fraction of sp³-hybridized carbons (Fsp3) is 0.690. The zero-order chi connectivity index (χ0) is 22.2. The van der Waals surface area contributed by atoms with Crippen molar-refractivity contribution in [2.24, 2.45) is 17.3 Å². The third kappa shape index (κ3) is 3.40. The highest BCUT2D eigenvalue weighted by Crippen LogP contribution is 2.63. The van der Waals surface area contributed by atoms with Gasteiger partial charge in [0, 0.05) is 11.3 Å². The summed E-state index contributed by atoms with van der Waals surface area (Å²) in [6, 6.07) is 4.79. The van der Waals surface area contributed by atoms with Gasteiger partial charge in [-0.05, 0) is 98.1 Å². The SMILES string of the molecule is CCCCC1=CC(=O)[C@]2(CCC2C)[C@@H]2Cc3cc(CC)c(CCCC)cc3O[C@]12CC. The number of hydrogen-bond donors (Lipinski definition) is 0. The lowest BCUT2D eigenvalue weighted by molar-refractivity contribution is -0.160. The molecule has 31 heavy (non-hydrogen) atoms. The molecule has 1 spiro atoms. The molecule has 1 heterocycles. The van der Waals surface area contributed by atoms with Gasteiger partial charge in [-0.1, -0.05) is 53.5 Å². The molecule has 1 unspecified atom stereocenters. The topological polar surface area (TPSA) is 26.3 Å². The van der Waals surface area contributed by atoms with E-state index in [2.05, 4.69) is 46.8 Å². The minimum Gasteiger partial charge on any atom is -0.482 e. The number of ketones is 1. The van der Waals surface area contributed by atoms with Crippen molar-refractivity contribution in [2.45, 2.75) is 111 Å². The van der Waals surface area contributed by atoms with Crippen molar-refractivity contribution in [3.63, 3.8) is 0 Å². The first-order valence-corrected chi connectivity index (χ1v) is 13.1. The molecule has 1 aliphatic heterocycles. The van der Waals surface area contributed by atoms with Crippen LogP contribution in [0.15, 0.2) is 23.8 Å². The Morgan fingerprint density at radius 3 is 2.35 bits per heavy atom. The van der Waals surface area contributed by atoms with Gasteiger partial charge in [-0.25, -0.2) is 0 Å². The summed E-state index contributed by atoms with van der Waals surface area (Å²) in [4.78, 5) is 13.6. The molecule has 0 saturated heterocycles. The fourth-order valence-corrected chi connectivity index (χ4v) is 6.85. The van der Waals surface area contributed by atoms with Gasteiger partial charge >= 0.3 is 0 Å². The Bertz CT molecular complexity index is 866. The van der Waals surface area contributed by atoms with E-state index in [1.165, 1.54) is 41.5 Å². The molecule has 2 nitrogen and oxygen atoms in total. The van der Waals surface area contributed by atoms with Crippen LogP contribution in [0.5, 0.6) is 5.75 Å². The highest BCUT2D eigenvalue weighted by atomic mass is 16.5. The molecule has 0 amide bonds. The highest BCUT2D eigenvalue weighted by Gasteiger charge is 2.65. The van der Waals surface area contributed by atoms with E-state index in [-0.39, 0.29) is 16.9 Å². The first-order valence-electron chi connectivity index (χ1n) is 13.1. The molecule has 1 aromatic carbocycles. The predicted molar refractivity (Wildman–Crippen MR) is 129 cm³/mol. The molecular weight excluding hydrogens is 380 g/mol. The normalized spacial score (nSPS) is 31.5. The largest absolute Gasteiger partial charge is 0.482 e. The first-order chi connectivity index (χ1) is 15.0. The number of allylic oxidation sites excluding steroid dienone is 1. The molecule has 4 rings (SSSR count). The van der Waals surface area contributed by atoms with Crippen molar-refractivity contribution in [2.75, 3.05) is 0 Å². The van der Waals surface area contributed by atoms with Gasteiger partial charge in [-0.3, -0.25) is 4.79 Å². The Kier molecular flexibility index (Phi) is 6.39. The van der Waals surface area contributed by atoms with Crippen LogP contribution in [0.2, 0.25) is 0 Å². The van der Waals surface area contributed by atoms with E-state index in [1.807, 2.05) is 6.08 Å². The molecule has 3 aliphatic rings. The van der Waals surface area contributed by atoms with E-state index in [0.29, 0.717) is 11.7 Å². The van der Waals surface area contributed by atoms with Gasteiger partial charge in [0.2, 0.25) is 0 Å². The van der Waals surface area contributed by atoms with Gasteiger partial charge in [0.1, 0.15) is 11.4 Å². The molecule has 2 aliphatic carbocycles. The maximum atomic E-state index is 13.6. The summed E-state index contributed by atoms with van der Waals surface area (Å²) in [5, 5.41) is 0. The second-order valence-electron chi connectivity index (χ2n) is 10.4. The van der Waals surface area contributed by atoms with Crippen LogP contribution in [0.3, 0.4) is 0 Å². The summed E-state index contributed by atoms with van der Waals surface area (Å²) in [6.07, 6.45) is 14.1. The standard InChI is InChI=1S/C29H42O2/c1-6-10-12-22-17-25-23(16-21(22)8-3)18-26-28(15-14-20(28)5)27(30)19-24(13-11-7-2)29(26,9-4)31-25/h16-17,19-20,26H,6-15,18H2,1-5H3/t20?,26-,28-,29+/m0/s1. The quantitative estimate of drug-likeness (QED) is 0.436. The van der Waals surface area contributed by atoms with Gasteiger partial charge < -0.3 is 4.74 Å². The number of ether oxygens (including phenoxy) is 1. The number of carbonyl (C=O) groups excluding carboxylic acids is 1. The van der Waals surface area contributed by atoms with E-state index < -0.39 is 0 Å². The van der Waals surface area contributed by atoms with Crippen molar-refractivity contribution in [1.82, 2.24) is 0 Å². The predicted octanol–water partition coefficient (Wildman–Crippen LogP) is 7.41. The number of rotatable bonds is 8. The van der Waals surface area contributed by atoms with Crippen LogP contribution in [-0.4, -0.2) is 11.4 Å². The van der Waals surface area contributed by atoms with Gasteiger partial charge in [-0.15, -0.1) is 0 Å². The number of benzene rings is 1. The molecule has 1 aromatic rings. The van der Waals surface area contributed by atoms with Crippen LogP contribution in [0, 0.1) is 17.3 Å². The molecule has 4 atom stereocenters. The third-order valence-corrected chi connectivity index (χ3v) is 8.97. The summed E-state index contributed by atoms with van der Waals surface area (Å²) < 4.78 is 7.11. The average molecular weight is 423 g/mol. The average Bonchev–Trinajstić information content (AvgIpc) is 2.78. The van der Waals surface area contributed by atoms with E-state index in [0.717, 1.165) is 57.1 Å². The zero-order valence-corrected chi connectivity index (χ0v) is 20.5. The second kappa shape index (κ2) is 8.75. The summed E-state index contributed by atoms with van der Waals surface area (Å²) in [5.74, 6) is 2.23. The van der Waals surface area contributed by atoms with E-state index >= 15 is 0 Å². The summed E-state index contributed by atoms with van der Waals surface area (Å²) in [7, 11) is 0. The van der Waals surface area contributed by atoms with Crippen molar-refractivity contribution in [3.05, 3.63) is 40.5 Å². The van der Waals surface area contributed by atoms with Gasteiger partial charge in [-0.2, -0.15) is 0 Å². The molecular formula is C29H42O2. The molecule has 0 radical (unpaired) electrons. The zero-order valence-electron chi connectivity index (χ0n) is 20.5. The Morgan fingerprint density at radius 1 is 1.03 bits per heavy atom. The van der Waals surface area contributed by atoms with Gasteiger partial charge in [0.05, 0.1) is 0 Å². The fourth-order valence-electron chi connectivity index (χ4n) is 6.85. The van der Waals surface area contributed by atoms with Crippen LogP contribution in [0.1, 0.15) is 103 Å². The maximum Gasteiger partial charge on any atom is 0.162 e. The van der Waals surface area contributed by atoms with Crippen LogP contribution in [0.25, 0.3) is 0 Å². The van der Waals surface area contributed by atoms with Crippen molar-refractivity contribution >= 4 is 5.78 Å². The number of carbonyl (C=O) groups is 1.